The molecule has 170 valence electrons. The van der Waals surface area contributed by atoms with Crippen LogP contribution in [-0.2, 0) is 10.1 Å². The third-order valence-electron chi connectivity index (χ3n) is 4.42. The third kappa shape index (κ3) is 7.72. The van der Waals surface area contributed by atoms with Crippen molar-refractivity contribution in [3.63, 3.8) is 0 Å². The monoisotopic (exact) mass is 475 g/mol. The van der Waals surface area contributed by atoms with Gasteiger partial charge in [0.2, 0.25) is 0 Å². The van der Waals surface area contributed by atoms with E-state index in [-0.39, 0.29) is 10.9 Å². The van der Waals surface area contributed by atoms with Crippen LogP contribution in [0.2, 0.25) is 5.15 Å². The number of rotatable bonds is 7. The maximum atomic E-state index is 10.5. The minimum absolute atomic E-state index is 0.0666. The van der Waals surface area contributed by atoms with E-state index in [4.69, 9.17) is 20.9 Å². The Labute approximate surface area is 193 Å². The van der Waals surface area contributed by atoms with Gasteiger partial charge in [0.05, 0.1) is 16.8 Å². The topological polar surface area (TPSA) is 101 Å². The summed E-state index contributed by atoms with van der Waals surface area (Å²) in [6, 6.07) is 11.9. The molecule has 9 heteroatoms. The summed E-state index contributed by atoms with van der Waals surface area (Å²) < 4.78 is 35.3. The fourth-order valence-electron chi connectivity index (χ4n) is 2.42. The van der Waals surface area contributed by atoms with Crippen molar-refractivity contribution in [2.45, 2.75) is 24.8 Å². The van der Waals surface area contributed by atoms with Gasteiger partial charge in [-0.15, -0.1) is 0 Å². The van der Waals surface area contributed by atoms with Crippen LogP contribution in [0.4, 0.5) is 0 Å². The molecule has 0 unspecified atom stereocenters. The molecule has 32 heavy (non-hydrogen) atoms. The van der Waals surface area contributed by atoms with E-state index in [1.807, 2.05) is 39.1 Å². The van der Waals surface area contributed by atoms with Gasteiger partial charge in [0, 0.05) is 17.8 Å². The van der Waals surface area contributed by atoms with Crippen molar-refractivity contribution >= 4 is 27.8 Å². The second kappa shape index (κ2) is 11.7. The van der Waals surface area contributed by atoms with Crippen molar-refractivity contribution in [2.24, 2.45) is 0 Å². The van der Waals surface area contributed by atoms with Gasteiger partial charge in [0.25, 0.3) is 10.1 Å². The Morgan fingerprint density at radius 2 is 1.91 bits per heavy atom. The highest BCUT2D eigenvalue weighted by Crippen LogP contribution is 2.28. The molecule has 0 aliphatic carbocycles. The first-order valence-electron chi connectivity index (χ1n) is 9.72. The predicted molar refractivity (Wildman–Crippen MR) is 128 cm³/mol. The largest absolute Gasteiger partial charge is 0.490 e. The Morgan fingerprint density at radius 3 is 2.50 bits per heavy atom. The Balaban J connectivity index is 0.000000278. The molecule has 0 fully saturated rings. The van der Waals surface area contributed by atoms with Gasteiger partial charge >= 0.3 is 0 Å². The number of pyridine rings is 2. The second-order valence-electron chi connectivity index (χ2n) is 6.98. The summed E-state index contributed by atoms with van der Waals surface area (Å²) >= 11 is 6.17. The van der Waals surface area contributed by atoms with Gasteiger partial charge < -0.3 is 10.1 Å². The molecule has 3 aromatic rings. The number of hydrogen-bond donors (Lipinski definition) is 2. The highest BCUT2D eigenvalue weighted by atomic mass is 35.5. The maximum Gasteiger partial charge on any atom is 0.294 e. The summed E-state index contributed by atoms with van der Waals surface area (Å²) in [5, 5.41) is 3.51. The summed E-state index contributed by atoms with van der Waals surface area (Å²) in [4.78, 5) is 8.43. The lowest BCUT2D eigenvalue weighted by Gasteiger charge is -2.13. The lowest BCUT2D eigenvalue weighted by molar-refractivity contribution is 0.279. The first-order chi connectivity index (χ1) is 15.1. The van der Waals surface area contributed by atoms with E-state index >= 15 is 0 Å². The highest BCUT2D eigenvalue weighted by molar-refractivity contribution is 7.85. The van der Waals surface area contributed by atoms with Gasteiger partial charge in [0.15, 0.2) is 0 Å². The van der Waals surface area contributed by atoms with Crippen LogP contribution >= 0.6 is 11.6 Å². The van der Waals surface area contributed by atoms with Crippen LogP contribution in [0.1, 0.15) is 18.1 Å². The van der Waals surface area contributed by atoms with Crippen molar-refractivity contribution in [1.29, 1.82) is 0 Å². The summed E-state index contributed by atoms with van der Waals surface area (Å²) in [5.41, 5.74) is 3.43. The van der Waals surface area contributed by atoms with Crippen molar-refractivity contribution in [1.82, 2.24) is 15.3 Å². The SMILES string of the molecule is C=Cc1ccnc(-c2cc(OC[C@@H](C)NC)cnc2Cl)c1.Cc1ccc(S(=O)(=O)O)cc1. The van der Waals surface area contributed by atoms with Crippen LogP contribution in [0.5, 0.6) is 5.75 Å². The molecule has 7 nitrogen and oxygen atoms in total. The van der Waals surface area contributed by atoms with E-state index < -0.39 is 10.1 Å². The molecule has 0 radical (unpaired) electrons. The average Bonchev–Trinajstić information content (AvgIpc) is 2.78. The number of likely N-dealkylation sites (N-methyl/N-ethyl adjacent to an activating group) is 1. The number of hydrogen-bond acceptors (Lipinski definition) is 6. The number of halogens is 1. The summed E-state index contributed by atoms with van der Waals surface area (Å²) in [5.74, 6) is 0.669. The fraction of sp³-hybridized carbons (Fsp3) is 0.217. The standard InChI is InChI=1S/C16H18ClN3O.C7H8O3S/c1-4-12-5-6-19-15(7-12)14-8-13(9-20-16(14)17)21-10-11(2)18-3;1-6-2-4-7(5-3-6)11(8,9)10/h4-9,11,18H,1,10H2,2-3H3;2-5H,1H3,(H,8,9,10)/t11-;/m1./s1. The maximum absolute atomic E-state index is 10.5. The lowest BCUT2D eigenvalue weighted by Crippen LogP contribution is -2.28. The number of ether oxygens (including phenoxy) is 1. The summed E-state index contributed by atoms with van der Waals surface area (Å²) in [6.45, 7) is 8.19. The number of nitrogens with one attached hydrogen (secondary N) is 1. The molecule has 3 rings (SSSR count). The van der Waals surface area contributed by atoms with Gasteiger partial charge in [-0.25, -0.2) is 4.98 Å². The molecule has 0 spiro atoms. The molecular weight excluding hydrogens is 450 g/mol. The first-order valence-corrected chi connectivity index (χ1v) is 11.5. The van der Waals surface area contributed by atoms with Crippen molar-refractivity contribution in [2.75, 3.05) is 13.7 Å². The van der Waals surface area contributed by atoms with Crippen LogP contribution in [0, 0.1) is 6.92 Å². The number of aryl methyl sites for hydroxylation is 1. The Kier molecular flexibility index (Phi) is 9.34. The average molecular weight is 476 g/mol. The molecule has 0 aliphatic heterocycles. The zero-order valence-corrected chi connectivity index (χ0v) is 19.7. The van der Waals surface area contributed by atoms with Gasteiger partial charge in [-0.05, 0) is 56.8 Å². The second-order valence-corrected chi connectivity index (χ2v) is 8.76. The zero-order chi connectivity index (χ0) is 23.7. The molecule has 0 amide bonds. The van der Waals surface area contributed by atoms with Gasteiger partial charge in [-0.2, -0.15) is 8.42 Å². The van der Waals surface area contributed by atoms with E-state index in [1.165, 1.54) is 12.1 Å². The van der Waals surface area contributed by atoms with E-state index in [0.29, 0.717) is 17.5 Å². The molecule has 0 saturated heterocycles. The number of benzene rings is 1. The van der Waals surface area contributed by atoms with Crippen molar-refractivity contribution < 1.29 is 17.7 Å². The lowest BCUT2D eigenvalue weighted by atomic mass is 10.1. The molecule has 1 atom stereocenters. The number of aromatic nitrogens is 2. The molecule has 1 aromatic carbocycles. The van der Waals surface area contributed by atoms with Crippen LogP contribution in [-0.4, -0.2) is 42.6 Å². The van der Waals surface area contributed by atoms with Gasteiger partial charge in [0.1, 0.15) is 17.5 Å². The Morgan fingerprint density at radius 1 is 1.22 bits per heavy atom. The van der Waals surface area contributed by atoms with Crippen molar-refractivity contribution in [3.05, 3.63) is 77.7 Å². The fourth-order valence-corrected chi connectivity index (χ4v) is 3.10. The normalized spacial score (nSPS) is 11.8. The minimum Gasteiger partial charge on any atom is -0.490 e. The highest BCUT2D eigenvalue weighted by Gasteiger charge is 2.10. The zero-order valence-electron chi connectivity index (χ0n) is 18.1. The van der Waals surface area contributed by atoms with Gasteiger partial charge in [-0.3, -0.25) is 9.54 Å². The molecular formula is C23H26ClN3O4S. The van der Waals surface area contributed by atoms with Crippen molar-refractivity contribution in [3.8, 4) is 17.0 Å². The molecule has 2 heterocycles. The Bertz CT molecular complexity index is 1150. The van der Waals surface area contributed by atoms with Crippen LogP contribution in [0.15, 0.2) is 66.3 Å². The molecule has 0 aliphatic rings. The van der Waals surface area contributed by atoms with Crippen LogP contribution in [0.3, 0.4) is 0 Å². The van der Waals surface area contributed by atoms with E-state index in [1.54, 1.807) is 30.6 Å². The smallest absolute Gasteiger partial charge is 0.294 e. The van der Waals surface area contributed by atoms with Crippen LogP contribution < -0.4 is 10.1 Å². The quantitative estimate of drug-likeness (QED) is 0.378. The molecule has 2 N–H and O–H groups in total. The third-order valence-corrected chi connectivity index (χ3v) is 5.59. The van der Waals surface area contributed by atoms with E-state index in [2.05, 4.69) is 21.9 Å². The first kappa shape index (κ1) is 25.5. The van der Waals surface area contributed by atoms with E-state index in [0.717, 1.165) is 22.4 Å². The Hall–Kier alpha value is -2.78. The number of nitrogens with zero attached hydrogens (tertiary/aromatic N) is 2. The van der Waals surface area contributed by atoms with Gasteiger partial charge in [-0.1, -0.05) is 42.0 Å². The van der Waals surface area contributed by atoms with Crippen LogP contribution in [0.25, 0.3) is 17.3 Å². The molecule has 0 saturated carbocycles. The summed E-state index contributed by atoms with van der Waals surface area (Å²) in [7, 11) is -2.13. The van der Waals surface area contributed by atoms with E-state index in [9.17, 15) is 8.42 Å². The molecule has 2 aromatic heterocycles. The summed E-state index contributed by atoms with van der Waals surface area (Å²) in [6.07, 6.45) is 5.10. The molecule has 0 bridgehead atoms. The minimum atomic E-state index is -4.02. The predicted octanol–water partition coefficient (Wildman–Crippen LogP) is 4.67.